The predicted octanol–water partition coefficient (Wildman–Crippen LogP) is 1.57. The zero-order valence-electron chi connectivity index (χ0n) is 10.0. The van der Waals surface area contributed by atoms with Crippen molar-refractivity contribution in [3.05, 3.63) is 29.8 Å². The Bertz CT molecular complexity index is 406. The molecule has 0 saturated heterocycles. The van der Waals surface area contributed by atoms with Crippen molar-refractivity contribution in [2.24, 2.45) is 0 Å². The number of nitriles is 1. The van der Waals surface area contributed by atoms with Gasteiger partial charge in [0.1, 0.15) is 0 Å². The summed E-state index contributed by atoms with van der Waals surface area (Å²) >= 11 is 0. The number of nitrogen functional groups attached to an aromatic ring is 1. The van der Waals surface area contributed by atoms with Gasteiger partial charge in [0, 0.05) is 25.7 Å². The van der Waals surface area contributed by atoms with Crippen LogP contribution in [0, 0.1) is 11.3 Å². The van der Waals surface area contributed by atoms with Gasteiger partial charge in [0.25, 0.3) is 0 Å². The van der Waals surface area contributed by atoms with Gasteiger partial charge in [0.05, 0.1) is 12.5 Å². The van der Waals surface area contributed by atoms with E-state index in [4.69, 9.17) is 11.0 Å². The maximum atomic E-state index is 11.7. The van der Waals surface area contributed by atoms with Crippen molar-refractivity contribution < 1.29 is 4.79 Å². The molecule has 1 aromatic rings. The number of nitrogens with two attached hydrogens (primary N) is 1. The minimum Gasteiger partial charge on any atom is -0.399 e. The van der Waals surface area contributed by atoms with Gasteiger partial charge in [0.2, 0.25) is 5.91 Å². The highest BCUT2D eigenvalue weighted by molar-refractivity contribution is 5.76. The molecular formula is C13H17N3O. The minimum absolute atomic E-state index is 0.0667. The molecule has 0 saturated carbocycles. The molecule has 1 rings (SSSR count). The van der Waals surface area contributed by atoms with Gasteiger partial charge in [-0.25, -0.2) is 0 Å². The van der Waals surface area contributed by atoms with Crippen LogP contribution in [0.25, 0.3) is 0 Å². The second-order valence-electron chi connectivity index (χ2n) is 3.96. The molecule has 0 aliphatic heterocycles. The monoisotopic (exact) mass is 231 g/mol. The van der Waals surface area contributed by atoms with Crippen LogP contribution in [-0.4, -0.2) is 24.4 Å². The molecule has 0 heterocycles. The average Bonchev–Trinajstić information content (AvgIpc) is 2.34. The normalized spacial score (nSPS) is 9.65. The number of aryl methyl sites for hydroxylation is 1. The van der Waals surface area contributed by atoms with E-state index in [9.17, 15) is 4.79 Å². The molecule has 4 nitrogen and oxygen atoms in total. The molecule has 1 aromatic carbocycles. The van der Waals surface area contributed by atoms with Crippen LogP contribution >= 0.6 is 0 Å². The Morgan fingerprint density at radius 1 is 1.41 bits per heavy atom. The lowest BCUT2D eigenvalue weighted by molar-refractivity contribution is -0.129. The average molecular weight is 231 g/mol. The second-order valence-corrected chi connectivity index (χ2v) is 3.96. The van der Waals surface area contributed by atoms with Crippen molar-refractivity contribution in [2.45, 2.75) is 19.3 Å². The Morgan fingerprint density at radius 3 is 2.65 bits per heavy atom. The lowest BCUT2D eigenvalue weighted by Crippen LogP contribution is -2.27. The van der Waals surface area contributed by atoms with E-state index in [0.717, 1.165) is 11.3 Å². The summed E-state index contributed by atoms with van der Waals surface area (Å²) in [5.74, 6) is 0.0667. The minimum atomic E-state index is 0.0667. The number of carbonyl (C=O) groups is 1. The Morgan fingerprint density at radius 2 is 2.06 bits per heavy atom. The molecule has 0 radical (unpaired) electrons. The molecular weight excluding hydrogens is 214 g/mol. The summed E-state index contributed by atoms with van der Waals surface area (Å²) in [5, 5.41) is 8.43. The van der Waals surface area contributed by atoms with Gasteiger partial charge < -0.3 is 10.6 Å². The first-order valence-corrected chi connectivity index (χ1v) is 5.59. The van der Waals surface area contributed by atoms with Crippen LogP contribution < -0.4 is 5.73 Å². The van der Waals surface area contributed by atoms with E-state index in [1.165, 1.54) is 0 Å². The molecule has 2 N–H and O–H groups in total. The standard InChI is InChI=1S/C13H17N3O/c1-16(10-2-9-14)13(17)8-5-11-3-6-12(15)7-4-11/h3-4,6-7H,2,5,8,10,15H2,1H3. The van der Waals surface area contributed by atoms with Gasteiger partial charge in [-0.2, -0.15) is 5.26 Å². The quantitative estimate of drug-likeness (QED) is 0.782. The van der Waals surface area contributed by atoms with Gasteiger partial charge in [-0.05, 0) is 24.1 Å². The van der Waals surface area contributed by atoms with Gasteiger partial charge in [-0.3, -0.25) is 4.79 Å². The van der Waals surface area contributed by atoms with E-state index in [0.29, 0.717) is 25.8 Å². The summed E-state index contributed by atoms with van der Waals surface area (Å²) in [6.07, 6.45) is 1.55. The zero-order chi connectivity index (χ0) is 12.7. The van der Waals surface area contributed by atoms with Gasteiger partial charge in [0.15, 0.2) is 0 Å². The zero-order valence-corrected chi connectivity index (χ0v) is 10.0. The highest BCUT2D eigenvalue weighted by Gasteiger charge is 2.07. The molecule has 0 fully saturated rings. The van der Waals surface area contributed by atoms with E-state index in [1.807, 2.05) is 30.3 Å². The van der Waals surface area contributed by atoms with E-state index < -0.39 is 0 Å². The number of rotatable bonds is 5. The maximum absolute atomic E-state index is 11.7. The first-order chi connectivity index (χ1) is 8.13. The number of amides is 1. The summed E-state index contributed by atoms with van der Waals surface area (Å²) in [6.45, 7) is 0.497. The summed E-state index contributed by atoms with van der Waals surface area (Å²) in [6, 6.07) is 9.55. The maximum Gasteiger partial charge on any atom is 0.222 e. The van der Waals surface area contributed by atoms with Gasteiger partial charge in [-0.1, -0.05) is 12.1 Å². The predicted molar refractivity (Wildman–Crippen MR) is 67.0 cm³/mol. The summed E-state index contributed by atoms with van der Waals surface area (Å²) < 4.78 is 0. The highest BCUT2D eigenvalue weighted by atomic mass is 16.2. The Balaban J connectivity index is 2.37. The van der Waals surface area contributed by atoms with Crippen molar-refractivity contribution in [1.82, 2.24) is 4.90 Å². The topological polar surface area (TPSA) is 70.1 Å². The number of hydrogen-bond donors (Lipinski definition) is 1. The molecule has 4 heteroatoms. The lowest BCUT2D eigenvalue weighted by Gasteiger charge is -2.15. The Hall–Kier alpha value is -2.02. The fourth-order valence-corrected chi connectivity index (χ4v) is 1.47. The second kappa shape index (κ2) is 6.54. The van der Waals surface area contributed by atoms with Crippen LogP contribution in [0.4, 0.5) is 5.69 Å². The van der Waals surface area contributed by atoms with E-state index in [-0.39, 0.29) is 5.91 Å². The van der Waals surface area contributed by atoms with Crippen molar-refractivity contribution in [3.8, 4) is 6.07 Å². The van der Waals surface area contributed by atoms with Crippen LogP contribution in [0.3, 0.4) is 0 Å². The summed E-state index contributed by atoms with van der Waals surface area (Å²) in [5.41, 5.74) is 7.41. The van der Waals surface area contributed by atoms with Gasteiger partial charge in [-0.15, -0.1) is 0 Å². The Labute approximate surface area is 102 Å². The smallest absolute Gasteiger partial charge is 0.222 e. The number of benzene rings is 1. The molecule has 0 atom stereocenters. The Kier molecular flexibility index (Phi) is 5.02. The molecule has 90 valence electrons. The number of hydrogen-bond acceptors (Lipinski definition) is 3. The molecule has 0 bridgehead atoms. The van der Waals surface area contributed by atoms with Crippen molar-refractivity contribution in [3.63, 3.8) is 0 Å². The van der Waals surface area contributed by atoms with Crippen molar-refractivity contribution >= 4 is 11.6 Å². The fraction of sp³-hybridized carbons (Fsp3) is 0.385. The first-order valence-electron chi connectivity index (χ1n) is 5.59. The van der Waals surface area contributed by atoms with E-state index in [2.05, 4.69) is 0 Å². The SMILES string of the molecule is CN(CCC#N)C(=O)CCc1ccc(N)cc1. The third-order valence-electron chi connectivity index (χ3n) is 2.59. The van der Waals surface area contributed by atoms with Crippen LogP contribution in [0.2, 0.25) is 0 Å². The highest BCUT2D eigenvalue weighted by Crippen LogP contribution is 2.08. The van der Waals surface area contributed by atoms with Gasteiger partial charge >= 0.3 is 0 Å². The largest absolute Gasteiger partial charge is 0.399 e. The van der Waals surface area contributed by atoms with Crippen LogP contribution in [-0.2, 0) is 11.2 Å². The third kappa shape index (κ3) is 4.56. The molecule has 0 aliphatic rings. The van der Waals surface area contributed by atoms with Crippen LogP contribution in [0.1, 0.15) is 18.4 Å². The van der Waals surface area contributed by atoms with E-state index in [1.54, 1.807) is 11.9 Å². The molecule has 0 spiro atoms. The molecule has 1 amide bonds. The number of carbonyl (C=O) groups excluding carboxylic acids is 1. The molecule has 0 aliphatic carbocycles. The van der Waals surface area contributed by atoms with Crippen LogP contribution in [0.5, 0.6) is 0 Å². The van der Waals surface area contributed by atoms with Crippen LogP contribution in [0.15, 0.2) is 24.3 Å². The summed E-state index contributed by atoms with van der Waals surface area (Å²) in [7, 11) is 1.72. The lowest BCUT2D eigenvalue weighted by atomic mass is 10.1. The van der Waals surface area contributed by atoms with E-state index >= 15 is 0 Å². The fourth-order valence-electron chi connectivity index (χ4n) is 1.47. The molecule has 17 heavy (non-hydrogen) atoms. The third-order valence-corrected chi connectivity index (χ3v) is 2.59. The van der Waals surface area contributed by atoms with Crippen molar-refractivity contribution in [1.29, 1.82) is 5.26 Å². The number of nitrogens with zero attached hydrogens (tertiary/aromatic N) is 2. The molecule has 0 unspecified atom stereocenters. The number of anilines is 1. The molecule has 0 aromatic heterocycles. The summed E-state index contributed by atoms with van der Waals surface area (Å²) in [4.78, 5) is 13.3. The first kappa shape index (κ1) is 13.0. The van der Waals surface area contributed by atoms with Crippen molar-refractivity contribution in [2.75, 3.05) is 19.3 Å².